The average molecular weight is 619 g/mol. The van der Waals surface area contributed by atoms with Gasteiger partial charge in [-0.15, -0.1) is 0 Å². The van der Waals surface area contributed by atoms with Crippen LogP contribution in [0.2, 0.25) is 0 Å². The van der Waals surface area contributed by atoms with E-state index in [1.165, 1.54) is 0 Å². The number of anilines is 6. The first-order chi connectivity index (χ1) is 23.8. The lowest BCUT2D eigenvalue weighted by Crippen LogP contribution is -2.09. The largest absolute Gasteiger partial charge is 0.311 e. The van der Waals surface area contributed by atoms with Crippen molar-refractivity contribution in [3.63, 3.8) is 0 Å². The third-order valence-corrected chi connectivity index (χ3v) is 7.94. The molecular formula is C44H34N4. The minimum absolute atomic E-state index is 0.875. The van der Waals surface area contributed by atoms with Crippen molar-refractivity contribution in [2.45, 2.75) is 0 Å². The molecular weight excluding hydrogens is 585 g/mol. The Labute approximate surface area is 282 Å². The summed E-state index contributed by atoms with van der Waals surface area (Å²) in [5.74, 6) is 0. The molecule has 0 fully saturated rings. The second kappa shape index (κ2) is 14.7. The fourth-order valence-electron chi connectivity index (χ4n) is 5.54. The first kappa shape index (κ1) is 30.2. The average Bonchev–Trinajstić information content (AvgIpc) is 3.17. The molecule has 0 bridgehead atoms. The maximum Gasteiger partial charge on any atom is 0.0631 e. The Morgan fingerprint density at radius 2 is 0.521 bits per heavy atom. The van der Waals surface area contributed by atoms with Gasteiger partial charge in [0.25, 0.3) is 0 Å². The molecule has 0 unspecified atom stereocenters. The summed E-state index contributed by atoms with van der Waals surface area (Å²) >= 11 is 0. The lowest BCUT2D eigenvalue weighted by atomic mass is 10.1. The number of aliphatic imine (C=N–C) groups is 2. The van der Waals surface area contributed by atoms with Gasteiger partial charge in [0.2, 0.25) is 0 Å². The van der Waals surface area contributed by atoms with Gasteiger partial charge in [-0.25, -0.2) is 0 Å². The maximum absolute atomic E-state index is 4.71. The predicted octanol–water partition coefficient (Wildman–Crippen LogP) is 12.1. The maximum atomic E-state index is 4.71. The molecule has 0 saturated carbocycles. The monoisotopic (exact) mass is 618 g/mol. The van der Waals surface area contributed by atoms with Gasteiger partial charge in [0.1, 0.15) is 0 Å². The van der Waals surface area contributed by atoms with E-state index in [1.807, 2.05) is 61.0 Å². The van der Waals surface area contributed by atoms with E-state index in [0.29, 0.717) is 0 Å². The van der Waals surface area contributed by atoms with Crippen LogP contribution in [0.3, 0.4) is 0 Å². The number of para-hydroxylation sites is 4. The van der Waals surface area contributed by atoms with Crippen molar-refractivity contribution in [3.05, 3.63) is 205 Å². The van der Waals surface area contributed by atoms with E-state index in [9.17, 15) is 0 Å². The van der Waals surface area contributed by atoms with Gasteiger partial charge in [-0.1, -0.05) is 97.1 Å². The normalized spacial score (nSPS) is 11.2. The zero-order chi connectivity index (χ0) is 32.4. The Kier molecular flexibility index (Phi) is 9.24. The van der Waals surface area contributed by atoms with Gasteiger partial charge in [-0.3, -0.25) is 9.98 Å². The van der Waals surface area contributed by atoms with Crippen LogP contribution in [0, 0.1) is 0 Å². The van der Waals surface area contributed by atoms with Crippen molar-refractivity contribution in [2.75, 3.05) is 9.80 Å². The molecule has 0 spiro atoms. The van der Waals surface area contributed by atoms with Crippen molar-refractivity contribution >= 4 is 57.9 Å². The van der Waals surface area contributed by atoms with E-state index in [1.54, 1.807) is 0 Å². The predicted molar refractivity (Wildman–Crippen MR) is 203 cm³/mol. The highest BCUT2D eigenvalue weighted by molar-refractivity contribution is 5.86. The van der Waals surface area contributed by atoms with Gasteiger partial charge in [0.15, 0.2) is 0 Å². The lowest BCUT2D eigenvalue weighted by Gasteiger charge is -2.25. The van der Waals surface area contributed by atoms with Crippen LogP contribution in [0.15, 0.2) is 204 Å². The van der Waals surface area contributed by atoms with Crippen LogP contribution in [0.1, 0.15) is 11.1 Å². The highest BCUT2D eigenvalue weighted by Gasteiger charge is 2.12. The van der Waals surface area contributed by atoms with E-state index in [2.05, 4.69) is 155 Å². The fourth-order valence-corrected chi connectivity index (χ4v) is 5.54. The van der Waals surface area contributed by atoms with E-state index in [4.69, 9.17) is 9.98 Å². The molecule has 48 heavy (non-hydrogen) atoms. The van der Waals surface area contributed by atoms with Crippen molar-refractivity contribution < 1.29 is 0 Å². The molecule has 0 aliphatic heterocycles. The molecule has 0 saturated heterocycles. The third kappa shape index (κ3) is 7.30. The zero-order valence-corrected chi connectivity index (χ0v) is 26.4. The van der Waals surface area contributed by atoms with Gasteiger partial charge in [-0.05, 0) is 108 Å². The molecule has 0 atom stereocenters. The highest BCUT2D eigenvalue weighted by atomic mass is 15.1. The quantitative estimate of drug-likeness (QED) is 0.143. The number of nitrogens with zero attached hydrogens (tertiary/aromatic N) is 4. The zero-order valence-electron chi connectivity index (χ0n) is 26.4. The minimum Gasteiger partial charge on any atom is -0.311 e. The number of benzene rings is 7. The Morgan fingerprint density at radius 3 is 0.792 bits per heavy atom. The van der Waals surface area contributed by atoms with Gasteiger partial charge in [-0.2, -0.15) is 0 Å². The molecule has 0 N–H and O–H groups in total. The third-order valence-electron chi connectivity index (χ3n) is 7.94. The van der Waals surface area contributed by atoms with Crippen molar-refractivity contribution in [1.29, 1.82) is 0 Å². The summed E-state index contributed by atoms with van der Waals surface area (Å²) in [4.78, 5) is 13.9. The van der Waals surface area contributed by atoms with Gasteiger partial charge >= 0.3 is 0 Å². The molecule has 230 valence electrons. The molecule has 7 aromatic rings. The van der Waals surface area contributed by atoms with Gasteiger partial charge < -0.3 is 9.80 Å². The second-order valence-corrected chi connectivity index (χ2v) is 11.2. The van der Waals surface area contributed by atoms with Crippen molar-refractivity contribution in [2.24, 2.45) is 9.98 Å². The summed E-state index contributed by atoms with van der Waals surface area (Å²) in [5, 5.41) is 0. The minimum atomic E-state index is 0.875. The summed E-state index contributed by atoms with van der Waals surface area (Å²) in [7, 11) is 0. The molecule has 7 rings (SSSR count). The molecule has 4 nitrogen and oxygen atoms in total. The van der Waals surface area contributed by atoms with Crippen LogP contribution in [-0.2, 0) is 0 Å². The molecule has 0 aliphatic rings. The summed E-state index contributed by atoms with van der Waals surface area (Å²) in [6.45, 7) is 0. The summed E-state index contributed by atoms with van der Waals surface area (Å²) in [5.41, 5.74) is 10.4. The van der Waals surface area contributed by atoms with Crippen LogP contribution < -0.4 is 9.80 Å². The van der Waals surface area contributed by atoms with E-state index >= 15 is 0 Å². The first-order valence-corrected chi connectivity index (χ1v) is 16.0. The Balaban J connectivity index is 1.01. The number of rotatable bonds is 10. The van der Waals surface area contributed by atoms with Gasteiger partial charge in [0, 0.05) is 46.6 Å². The van der Waals surface area contributed by atoms with Gasteiger partial charge in [0.05, 0.1) is 11.4 Å². The van der Waals surface area contributed by atoms with Crippen LogP contribution in [0.4, 0.5) is 45.5 Å². The highest BCUT2D eigenvalue weighted by Crippen LogP contribution is 2.35. The number of hydrogen-bond acceptors (Lipinski definition) is 4. The van der Waals surface area contributed by atoms with E-state index < -0.39 is 0 Å². The lowest BCUT2D eigenvalue weighted by molar-refractivity contribution is 1.28. The molecule has 4 heteroatoms. The molecule has 0 aromatic heterocycles. The molecule has 0 aliphatic carbocycles. The Hall–Kier alpha value is -6.52. The topological polar surface area (TPSA) is 31.2 Å². The molecule has 0 radical (unpaired) electrons. The van der Waals surface area contributed by atoms with Crippen LogP contribution in [-0.4, -0.2) is 12.4 Å². The molecule has 0 heterocycles. The van der Waals surface area contributed by atoms with E-state index in [-0.39, 0.29) is 0 Å². The van der Waals surface area contributed by atoms with E-state index in [0.717, 1.165) is 56.6 Å². The Bertz CT molecular complexity index is 1840. The van der Waals surface area contributed by atoms with Crippen LogP contribution >= 0.6 is 0 Å². The first-order valence-electron chi connectivity index (χ1n) is 16.0. The van der Waals surface area contributed by atoms with Crippen LogP contribution in [0.25, 0.3) is 0 Å². The second-order valence-electron chi connectivity index (χ2n) is 11.2. The summed E-state index contributed by atoms with van der Waals surface area (Å²) in [6, 6.07) is 66.5. The molecule has 7 aromatic carbocycles. The van der Waals surface area contributed by atoms with Crippen molar-refractivity contribution in [1.82, 2.24) is 0 Å². The van der Waals surface area contributed by atoms with Crippen molar-refractivity contribution in [3.8, 4) is 0 Å². The standard InChI is InChI=1S/C44H34N4/c1-5-13-39(14-6-1)47(40-15-7-2-8-16-40)43-29-21-35(22-30-43)33-45-37-25-27-38(28-26-37)46-34-36-23-31-44(32-24-36)48(41-17-9-3-10-18-41)42-19-11-4-12-20-42/h1-34H. The number of hydrogen-bond donors (Lipinski definition) is 0. The summed E-state index contributed by atoms with van der Waals surface area (Å²) in [6.07, 6.45) is 3.79. The van der Waals surface area contributed by atoms with Crippen LogP contribution in [0.5, 0.6) is 0 Å². The Morgan fingerprint density at radius 1 is 0.271 bits per heavy atom. The molecule has 0 amide bonds. The smallest absolute Gasteiger partial charge is 0.0631 e. The SMILES string of the molecule is C(=Nc1ccc(N=Cc2ccc(N(c3ccccc3)c3ccccc3)cc2)cc1)c1ccc(N(c2ccccc2)c2ccccc2)cc1. The fraction of sp³-hybridized carbons (Fsp3) is 0. The summed E-state index contributed by atoms with van der Waals surface area (Å²) < 4.78 is 0.